The Morgan fingerprint density at radius 2 is 2.44 bits per heavy atom. The molecule has 2 N–H and O–H groups in total. The van der Waals surface area contributed by atoms with Crippen molar-refractivity contribution in [1.82, 2.24) is 5.32 Å². The fourth-order valence-corrected chi connectivity index (χ4v) is 2.27. The van der Waals surface area contributed by atoms with E-state index in [1.165, 1.54) is 25.5 Å². The zero-order chi connectivity index (χ0) is 11.5. The Morgan fingerprint density at radius 3 is 3.00 bits per heavy atom. The summed E-state index contributed by atoms with van der Waals surface area (Å²) in [7, 11) is 0. The van der Waals surface area contributed by atoms with Crippen LogP contribution in [-0.2, 0) is 6.54 Å². The van der Waals surface area contributed by atoms with Crippen LogP contribution in [0.3, 0.4) is 0 Å². The smallest absolute Gasteiger partial charge is 0.338 e. The molecule has 0 bridgehead atoms. The number of aromatic carboxylic acids is 1. The fourth-order valence-electron chi connectivity index (χ4n) is 2.27. The van der Waals surface area contributed by atoms with Crippen molar-refractivity contribution in [2.75, 3.05) is 0 Å². The van der Waals surface area contributed by atoms with Crippen LogP contribution in [0.15, 0.2) is 16.7 Å². The van der Waals surface area contributed by atoms with E-state index in [0.717, 1.165) is 0 Å². The van der Waals surface area contributed by atoms with Gasteiger partial charge in [-0.25, -0.2) is 4.79 Å². The molecule has 16 heavy (non-hydrogen) atoms. The third kappa shape index (κ3) is 2.44. The first-order valence-corrected chi connectivity index (χ1v) is 5.71. The Labute approximate surface area is 94.6 Å². The highest BCUT2D eigenvalue weighted by Crippen LogP contribution is 2.25. The maximum atomic E-state index is 10.6. The number of furan rings is 1. The summed E-state index contributed by atoms with van der Waals surface area (Å²) in [5.74, 6) is 0.453. The van der Waals surface area contributed by atoms with Gasteiger partial charge in [0.25, 0.3) is 0 Å². The largest absolute Gasteiger partial charge is 0.478 e. The minimum Gasteiger partial charge on any atom is -0.478 e. The lowest BCUT2D eigenvalue weighted by molar-refractivity contribution is 0.0696. The van der Waals surface area contributed by atoms with Crippen LogP contribution in [0.5, 0.6) is 0 Å². The number of rotatable bonds is 4. The summed E-state index contributed by atoms with van der Waals surface area (Å²) in [6, 6.07) is 2.12. The van der Waals surface area contributed by atoms with Crippen molar-refractivity contribution in [2.24, 2.45) is 5.92 Å². The molecule has 0 radical (unpaired) electrons. The first kappa shape index (κ1) is 11.2. The molecule has 0 aromatic carbocycles. The molecular weight excluding hydrogens is 206 g/mol. The van der Waals surface area contributed by atoms with E-state index in [1.807, 2.05) is 0 Å². The number of carboxylic acid groups (broad SMARTS) is 1. The quantitative estimate of drug-likeness (QED) is 0.821. The zero-order valence-corrected chi connectivity index (χ0v) is 9.40. The van der Waals surface area contributed by atoms with Crippen molar-refractivity contribution in [3.05, 3.63) is 23.7 Å². The zero-order valence-electron chi connectivity index (χ0n) is 9.40. The lowest BCUT2D eigenvalue weighted by Crippen LogP contribution is -2.30. The minimum atomic E-state index is -0.941. The van der Waals surface area contributed by atoms with E-state index in [4.69, 9.17) is 9.52 Å². The van der Waals surface area contributed by atoms with Crippen LogP contribution < -0.4 is 5.32 Å². The Morgan fingerprint density at radius 1 is 1.62 bits per heavy atom. The summed E-state index contributed by atoms with van der Waals surface area (Å²) >= 11 is 0. The van der Waals surface area contributed by atoms with Gasteiger partial charge in [0.2, 0.25) is 0 Å². The molecule has 1 heterocycles. The molecule has 1 saturated carbocycles. The number of carbonyl (C=O) groups is 1. The van der Waals surface area contributed by atoms with Gasteiger partial charge in [-0.3, -0.25) is 0 Å². The van der Waals surface area contributed by atoms with Crippen LogP contribution in [0.1, 0.15) is 42.3 Å². The Kier molecular flexibility index (Phi) is 3.29. The molecule has 0 spiro atoms. The van der Waals surface area contributed by atoms with Crippen molar-refractivity contribution >= 4 is 5.97 Å². The third-order valence-electron chi connectivity index (χ3n) is 3.30. The molecule has 0 amide bonds. The SMILES string of the molecule is CC1CCCC1NCc1cc(C(=O)O)co1. The molecule has 4 heteroatoms. The summed E-state index contributed by atoms with van der Waals surface area (Å²) in [6.07, 6.45) is 5.04. The molecule has 2 atom stereocenters. The van der Waals surface area contributed by atoms with Gasteiger partial charge in [-0.05, 0) is 24.8 Å². The van der Waals surface area contributed by atoms with Crippen LogP contribution in [0.25, 0.3) is 0 Å². The van der Waals surface area contributed by atoms with Gasteiger partial charge < -0.3 is 14.8 Å². The molecule has 1 fully saturated rings. The standard InChI is InChI=1S/C12H17NO3/c1-8-3-2-4-11(8)13-6-10-5-9(7-16-10)12(14)15/h5,7-8,11,13H,2-4,6H2,1H3,(H,14,15). The van der Waals surface area contributed by atoms with Crippen LogP contribution in [0.4, 0.5) is 0 Å². The summed E-state index contributed by atoms with van der Waals surface area (Å²) in [6.45, 7) is 2.86. The molecule has 4 nitrogen and oxygen atoms in total. The molecule has 2 unspecified atom stereocenters. The second-order valence-corrected chi connectivity index (χ2v) is 4.50. The summed E-state index contributed by atoms with van der Waals surface area (Å²) in [5, 5.41) is 12.2. The number of carboxylic acids is 1. The van der Waals surface area contributed by atoms with E-state index in [1.54, 1.807) is 6.07 Å². The Bertz CT molecular complexity index is 372. The van der Waals surface area contributed by atoms with Gasteiger partial charge in [0.1, 0.15) is 12.0 Å². The van der Waals surface area contributed by atoms with Crippen LogP contribution in [0.2, 0.25) is 0 Å². The van der Waals surface area contributed by atoms with Gasteiger partial charge in [0.05, 0.1) is 12.1 Å². The van der Waals surface area contributed by atoms with E-state index in [0.29, 0.717) is 24.3 Å². The molecule has 1 aliphatic rings. The molecule has 0 aliphatic heterocycles. The first-order valence-electron chi connectivity index (χ1n) is 5.71. The molecule has 0 saturated heterocycles. The molecule has 1 aromatic rings. The third-order valence-corrected chi connectivity index (χ3v) is 3.30. The Hall–Kier alpha value is -1.29. The molecule has 1 aromatic heterocycles. The van der Waals surface area contributed by atoms with Crippen LogP contribution >= 0.6 is 0 Å². The topological polar surface area (TPSA) is 62.5 Å². The van der Waals surface area contributed by atoms with Gasteiger partial charge in [0, 0.05) is 6.04 Å². The van der Waals surface area contributed by atoms with Crippen LogP contribution in [-0.4, -0.2) is 17.1 Å². The number of hydrogen-bond acceptors (Lipinski definition) is 3. The number of hydrogen-bond donors (Lipinski definition) is 2. The predicted octanol–water partition coefficient (Wildman–Crippen LogP) is 2.26. The lowest BCUT2D eigenvalue weighted by atomic mass is 10.1. The molecule has 2 rings (SSSR count). The maximum Gasteiger partial charge on any atom is 0.338 e. The molecular formula is C12H17NO3. The molecule has 1 aliphatic carbocycles. The van der Waals surface area contributed by atoms with Crippen molar-refractivity contribution < 1.29 is 14.3 Å². The van der Waals surface area contributed by atoms with Gasteiger partial charge in [-0.2, -0.15) is 0 Å². The lowest BCUT2D eigenvalue weighted by Gasteiger charge is -2.15. The first-order chi connectivity index (χ1) is 7.66. The molecule has 88 valence electrons. The van der Waals surface area contributed by atoms with E-state index >= 15 is 0 Å². The van der Waals surface area contributed by atoms with Gasteiger partial charge in [-0.15, -0.1) is 0 Å². The normalized spacial score (nSPS) is 24.8. The predicted molar refractivity (Wildman–Crippen MR) is 59.3 cm³/mol. The minimum absolute atomic E-state index is 0.219. The van der Waals surface area contributed by atoms with E-state index < -0.39 is 5.97 Å². The second-order valence-electron chi connectivity index (χ2n) is 4.50. The fraction of sp³-hybridized carbons (Fsp3) is 0.583. The average Bonchev–Trinajstić information content (AvgIpc) is 2.83. The van der Waals surface area contributed by atoms with Crippen molar-refractivity contribution in [3.63, 3.8) is 0 Å². The number of nitrogens with one attached hydrogen (secondary N) is 1. The van der Waals surface area contributed by atoms with Crippen LogP contribution in [0, 0.1) is 5.92 Å². The van der Waals surface area contributed by atoms with Crippen molar-refractivity contribution in [3.8, 4) is 0 Å². The van der Waals surface area contributed by atoms with Gasteiger partial charge >= 0.3 is 5.97 Å². The van der Waals surface area contributed by atoms with Crippen molar-refractivity contribution in [2.45, 2.75) is 38.8 Å². The van der Waals surface area contributed by atoms with Gasteiger partial charge in [0.15, 0.2) is 0 Å². The highest BCUT2D eigenvalue weighted by Gasteiger charge is 2.22. The Balaban J connectivity index is 1.87. The van der Waals surface area contributed by atoms with E-state index in [-0.39, 0.29) is 5.56 Å². The van der Waals surface area contributed by atoms with Gasteiger partial charge in [-0.1, -0.05) is 13.3 Å². The summed E-state index contributed by atoms with van der Waals surface area (Å²) in [4.78, 5) is 10.6. The van der Waals surface area contributed by atoms with Crippen molar-refractivity contribution in [1.29, 1.82) is 0 Å². The maximum absolute atomic E-state index is 10.6. The summed E-state index contributed by atoms with van der Waals surface area (Å²) in [5.41, 5.74) is 0.219. The highest BCUT2D eigenvalue weighted by atomic mass is 16.4. The average molecular weight is 223 g/mol. The van der Waals surface area contributed by atoms with E-state index in [2.05, 4.69) is 12.2 Å². The second kappa shape index (κ2) is 4.70. The monoisotopic (exact) mass is 223 g/mol. The highest BCUT2D eigenvalue weighted by molar-refractivity contribution is 5.87. The van der Waals surface area contributed by atoms with E-state index in [9.17, 15) is 4.79 Å². The summed E-state index contributed by atoms with van der Waals surface area (Å²) < 4.78 is 5.18.